The number of methoxy groups -OCH3 is 1. The molecule has 1 aliphatic heterocycles. The van der Waals surface area contributed by atoms with E-state index in [4.69, 9.17) is 10.5 Å². The van der Waals surface area contributed by atoms with Crippen molar-refractivity contribution in [3.05, 3.63) is 23.8 Å². The van der Waals surface area contributed by atoms with E-state index < -0.39 is 0 Å². The summed E-state index contributed by atoms with van der Waals surface area (Å²) < 4.78 is 5.65. The van der Waals surface area contributed by atoms with Gasteiger partial charge in [0.25, 0.3) is 0 Å². The highest BCUT2D eigenvalue weighted by atomic mass is 16.5. The van der Waals surface area contributed by atoms with Gasteiger partial charge in [0.1, 0.15) is 0 Å². The van der Waals surface area contributed by atoms with E-state index in [-0.39, 0.29) is 0 Å². The van der Waals surface area contributed by atoms with E-state index in [1.165, 1.54) is 44.1 Å². The van der Waals surface area contributed by atoms with E-state index >= 15 is 0 Å². The Hall–Kier alpha value is -1.26. The lowest BCUT2D eigenvalue weighted by atomic mass is 9.79. The molecule has 1 aliphatic carbocycles. The van der Waals surface area contributed by atoms with Gasteiger partial charge in [-0.25, -0.2) is 0 Å². The van der Waals surface area contributed by atoms with Gasteiger partial charge in [0.15, 0.2) is 0 Å². The Balaban J connectivity index is 1.56. The summed E-state index contributed by atoms with van der Waals surface area (Å²) in [4.78, 5) is 2.70. The summed E-state index contributed by atoms with van der Waals surface area (Å²) in [5.41, 5.74) is 9.63. The second-order valence-corrected chi connectivity index (χ2v) is 7.95. The number of nitrogens with one attached hydrogen (secondary N) is 1. The molecule has 1 saturated carbocycles. The molecule has 2 fully saturated rings. The zero-order chi connectivity index (χ0) is 17.2. The predicted molar refractivity (Wildman–Crippen MR) is 101 cm³/mol. The average Bonchev–Trinajstić information content (AvgIpc) is 2.59. The quantitative estimate of drug-likeness (QED) is 0.824. The Morgan fingerprint density at radius 2 is 2.00 bits per heavy atom. The molecule has 0 bridgehead atoms. The number of rotatable bonds is 4. The third kappa shape index (κ3) is 3.86. The molecule has 0 aromatic heterocycles. The van der Waals surface area contributed by atoms with Crippen LogP contribution >= 0.6 is 0 Å². The highest BCUT2D eigenvalue weighted by Gasteiger charge is 2.38. The number of hydrogen-bond donors (Lipinski definition) is 2. The van der Waals surface area contributed by atoms with E-state index in [0.29, 0.717) is 17.7 Å². The lowest BCUT2D eigenvalue weighted by Gasteiger charge is -2.49. The highest BCUT2D eigenvalue weighted by molar-refractivity contribution is 5.67. The van der Waals surface area contributed by atoms with Crippen molar-refractivity contribution in [2.24, 2.45) is 0 Å². The Morgan fingerprint density at radius 1 is 1.25 bits per heavy atom. The van der Waals surface area contributed by atoms with Crippen LogP contribution in [0.5, 0.6) is 0 Å². The molecule has 3 N–H and O–H groups in total. The summed E-state index contributed by atoms with van der Waals surface area (Å²) in [5.74, 6) is 0. The Morgan fingerprint density at radius 3 is 2.71 bits per heavy atom. The number of piperidine rings is 1. The number of anilines is 2. The number of nitrogens with zero attached hydrogens (tertiary/aromatic N) is 1. The van der Waals surface area contributed by atoms with E-state index in [1.807, 2.05) is 13.2 Å². The average molecular weight is 332 g/mol. The zero-order valence-corrected chi connectivity index (χ0v) is 15.5. The van der Waals surface area contributed by atoms with Gasteiger partial charge in [-0.15, -0.1) is 0 Å². The molecule has 1 saturated heterocycles. The molecule has 134 valence electrons. The maximum atomic E-state index is 6.12. The van der Waals surface area contributed by atoms with Crippen molar-refractivity contribution in [1.82, 2.24) is 4.90 Å². The number of hydrogen-bond acceptors (Lipinski definition) is 4. The molecule has 4 nitrogen and oxygen atoms in total. The summed E-state index contributed by atoms with van der Waals surface area (Å²) >= 11 is 0. The van der Waals surface area contributed by atoms with Crippen LogP contribution in [0.4, 0.5) is 11.4 Å². The smallest absolute Gasteiger partial charge is 0.0588 e. The van der Waals surface area contributed by atoms with Crippen molar-refractivity contribution in [2.45, 2.75) is 70.1 Å². The van der Waals surface area contributed by atoms with Gasteiger partial charge in [-0.2, -0.15) is 0 Å². The summed E-state index contributed by atoms with van der Waals surface area (Å²) in [6.45, 7) is 6.88. The van der Waals surface area contributed by atoms with Gasteiger partial charge in [-0.05, 0) is 70.1 Å². The summed E-state index contributed by atoms with van der Waals surface area (Å²) in [5, 5.41) is 3.67. The molecule has 0 unspecified atom stereocenters. The fourth-order valence-electron chi connectivity index (χ4n) is 4.47. The highest BCUT2D eigenvalue weighted by Crippen LogP contribution is 2.36. The van der Waals surface area contributed by atoms with Gasteiger partial charge >= 0.3 is 0 Å². The van der Waals surface area contributed by atoms with Gasteiger partial charge in [0.2, 0.25) is 0 Å². The number of nitrogen functional groups attached to an aromatic ring is 1. The van der Waals surface area contributed by atoms with Crippen LogP contribution in [0.25, 0.3) is 0 Å². The SMILES string of the molecule is CO[C@H]1CCC[C@@](C)(N2CCC(Nc3cc(C)ccc3N)CC2)C1. The molecule has 2 atom stereocenters. The van der Waals surface area contributed by atoms with Crippen LogP contribution in [0.15, 0.2) is 18.2 Å². The molecule has 2 aliphatic rings. The van der Waals surface area contributed by atoms with Crippen LogP contribution in [0.1, 0.15) is 51.0 Å². The van der Waals surface area contributed by atoms with Gasteiger partial charge in [0.05, 0.1) is 17.5 Å². The summed E-state index contributed by atoms with van der Waals surface area (Å²) in [6.07, 6.45) is 7.78. The largest absolute Gasteiger partial charge is 0.397 e. The fourth-order valence-corrected chi connectivity index (χ4v) is 4.47. The third-order valence-electron chi connectivity index (χ3n) is 6.07. The maximum Gasteiger partial charge on any atom is 0.0588 e. The van der Waals surface area contributed by atoms with E-state index in [0.717, 1.165) is 24.5 Å². The third-order valence-corrected chi connectivity index (χ3v) is 6.07. The normalized spacial score (nSPS) is 29.5. The number of ether oxygens (including phenoxy) is 1. The molecular formula is C20H33N3O. The van der Waals surface area contributed by atoms with Gasteiger partial charge in [-0.3, -0.25) is 4.90 Å². The van der Waals surface area contributed by atoms with Crippen molar-refractivity contribution in [2.75, 3.05) is 31.2 Å². The van der Waals surface area contributed by atoms with Crippen molar-refractivity contribution in [1.29, 1.82) is 0 Å². The van der Waals surface area contributed by atoms with E-state index in [9.17, 15) is 0 Å². The molecule has 0 radical (unpaired) electrons. The van der Waals surface area contributed by atoms with Gasteiger partial charge < -0.3 is 15.8 Å². The summed E-state index contributed by atoms with van der Waals surface area (Å²) in [6, 6.07) is 6.75. The first-order valence-corrected chi connectivity index (χ1v) is 9.41. The van der Waals surface area contributed by atoms with Crippen LogP contribution in [-0.4, -0.2) is 42.8 Å². The first-order valence-electron chi connectivity index (χ1n) is 9.41. The Bertz CT molecular complexity index is 554. The van der Waals surface area contributed by atoms with E-state index in [1.54, 1.807) is 0 Å². The predicted octanol–water partition coefficient (Wildman–Crippen LogP) is 3.80. The first kappa shape index (κ1) is 17.6. The van der Waals surface area contributed by atoms with E-state index in [2.05, 4.69) is 36.2 Å². The van der Waals surface area contributed by atoms with Crippen molar-refractivity contribution < 1.29 is 4.74 Å². The van der Waals surface area contributed by atoms with Crippen LogP contribution in [0.2, 0.25) is 0 Å². The number of aryl methyl sites for hydroxylation is 1. The monoisotopic (exact) mass is 331 g/mol. The molecule has 24 heavy (non-hydrogen) atoms. The molecule has 1 heterocycles. The second kappa shape index (κ2) is 7.32. The van der Waals surface area contributed by atoms with Crippen molar-refractivity contribution in [3.8, 4) is 0 Å². The molecule has 1 aromatic rings. The molecule has 1 aromatic carbocycles. The van der Waals surface area contributed by atoms with Crippen LogP contribution in [0.3, 0.4) is 0 Å². The standard InChI is InChI=1S/C20H33N3O/c1-15-6-7-18(21)19(13-15)22-16-8-11-23(12-9-16)20(2)10-4-5-17(14-20)24-3/h6-7,13,16-17,22H,4-5,8-12,14,21H2,1-3H3/t17-,20+/m0/s1. The topological polar surface area (TPSA) is 50.5 Å². The first-order chi connectivity index (χ1) is 11.5. The Labute approximate surface area is 146 Å². The number of nitrogens with two attached hydrogens (primary N) is 1. The Kier molecular flexibility index (Phi) is 5.36. The molecule has 0 spiro atoms. The maximum absolute atomic E-state index is 6.12. The van der Waals surface area contributed by atoms with Crippen molar-refractivity contribution in [3.63, 3.8) is 0 Å². The number of likely N-dealkylation sites (tertiary alicyclic amines) is 1. The van der Waals surface area contributed by atoms with Gasteiger partial charge in [0, 0.05) is 31.8 Å². The second-order valence-electron chi connectivity index (χ2n) is 7.95. The minimum absolute atomic E-state index is 0.312. The lowest BCUT2D eigenvalue weighted by molar-refractivity contribution is -0.0250. The lowest BCUT2D eigenvalue weighted by Crippen LogP contribution is -2.54. The van der Waals surface area contributed by atoms with Crippen molar-refractivity contribution >= 4 is 11.4 Å². The number of benzene rings is 1. The van der Waals surface area contributed by atoms with Gasteiger partial charge in [-0.1, -0.05) is 6.07 Å². The fraction of sp³-hybridized carbons (Fsp3) is 0.700. The van der Waals surface area contributed by atoms with Crippen LogP contribution < -0.4 is 11.1 Å². The molecule has 4 heteroatoms. The van der Waals surface area contributed by atoms with Crippen LogP contribution in [0, 0.1) is 6.92 Å². The molecular weight excluding hydrogens is 298 g/mol. The summed E-state index contributed by atoms with van der Waals surface area (Å²) in [7, 11) is 1.86. The minimum atomic E-state index is 0.312. The zero-order valence-electron chi connectivity index (χ0n) is 15.5. The molecule has 3 rings (SSSR count). The van der Waals surface area contributed by atoms with Crippen LogP contribution in [-0.2, 0) is 4.74 Å². The minimum Gasteiger partial charge on any atom is -0.397 e. The molecule has 0 amide bonds.